The molecule has 1 aliphatic carbocycles. The van der Waals surface area contributed by atoms with Gasteiger partial charge in [0, 0.05) is 25.3 Å². The number of anilines is 1. The van der Waals surface area contributed by atoms with Crippen molar-refractivity contribution in [2.75, 3.05) is 19.0 Å². The molecule has 4 nitrogen and oxygen atoms in total. The van der Waals surface area contributed by atoms with Crippen LogP contribution in [0.5, 0.6) is 0 Å². The molecule has 1 aromatic carbocycles. The Morgan fingerprint density at radius 1 is 1.35 bits per heavy atom. The van der Waals surface area contributed by atoms with Gasteiger partial charge in [-0.05, 0) is 31.9 Å². The van der Waals surface area contributed by atoms with Crippen LogP contribution in [0.15, 0.2) is 12.1 Å². The minimum Gasteiger partial charge on any atom is -0.383 e. The first-order valence-electron chi connectivity index (χ1n) is 6.64. The summed E-state index contributed by atoms with van der Waals surface area (Å²) in [4.78, 5) is 11.9. The Bertz CT molecular complexity index is 479. The number of halogens is 2. The number of rotatable bonds is 5. The summed E-state index contributed by atoms with van der Waals surface area (Å²) in [5.41, 5.74) is -0.250. The van der Waals surface area contributed by atoms with Crippen LogP contribution in [0.1, 0.15) is 30.1 Å². The summed E-state index contributed by atoms with van der Waals surface area (Å²) in [5.74, 6) is -2.03. The van der Waals surface area contributed by atoms with Crippen LogP contribution in [0.4, 0.5) is 14.5 Å². The van der Waals surface area contributed by atoms with Crippen LogP contribution in [-0.2, 0) is 4.74 Å². The second-order valence-corrected chi connectivity index (χ2v) is 4.78. The molecule has 0 aromatic heterocycles. The zero-order valence-corrected chi connectivity index (χ0v) is 11.5. The average Bonchev–Trinajstić information content (AvgIpc) is 2.35. The van der Waals surface area contributed by atoms with E-state index >= 15 is 0 Å². The van der Waals surface area contributed by atoms with E-state index in [1.807, 2.05) is 6.92 Å². The molecule has 110 valence electrons. The van der Waals surface area contributed by atoms with Crippen LogP contribution < -0.4 is 10.6 Å². The van der Waals surface area contributed by atoms with Gasteiger partial charge in [0.1, 0.15) is 17.3 Å². The molecule has 0 heterocycles. The van der Waals surface area contributed by atoms with Gasteiger partial charge in [0.15, 0.2) is 0 Å². The minimum atomic E-state index is -0.779. The Morgan fingerprint density at radius 2 is 1.95 bits per heavy atom. The fourth-order valence-corrected chi connectivity index (χ4v) is 2.27. The van der Waals surface area contributed by atoms with Gasteiger partial charge >= 0.3 is 0 Å². The molecular formula is C14H18F2N2O2. The second-order valence-electron chi connectivity index (χ2n) is 4.78. The molecule has 1 fully saturated rings. The predicted molar refractivity (Wildman–Crippen MR) is 71.8 cm³/mol. The van der Waals surface area contributed by atoms with Crippen molar-refractivity contribution in [3.8, 4) is 0 Å². The lowest BCUT2D eigenvalue weighted by Crippen LogP contribution is -2.47. The molecule has 20 heavy (non-hydrogen) atoms. The second kappa shape index (κ2) is 6.17. The predicted octanol–water partition coefficient (Wildman–Crippen LogP) is 2.30. The van der Waals surface area contributed by atoms with E-state index in [0.29, 0.717) is 6.61 Å². The molecule has 2 N–H and O–H groups in total. The molecule has 1 aliphatic rings. The number of ether oxygens (including phenoxy) is 1. The van der Waals surface area contributed by atoms with Crippen LogP contribution in [0.25, 0.3) is 0 Å². The maximum absolute atomic E-state index is 13.6. The number of nitrogens with one attached hydrogen (secondary N) is 2. The van der Waals surface area contributed by atoms with Gasteiger partial charge in [0.25, 0.3) is 5.91 Å². The molecule has 0 bridgehead atoms. The molecule has 0 saturated heterocycles. The van der Waals surface area contributed by atoms with Gasteiger partial charge in [0.2, 0.25) is 0 Å². The smallest absolute Gasteiger partial charge is 0.251 e. The van der Waals surface area contributed by atoms with Crippen LogP contribution in [0.2, 0.25) is 0 Å². The highest BCUT2D eigenvalue weighted by atomic mass is 19.1. The first-order valence-corrected chi connectivity index (χ1v) is 6.64. The molecule has 0 aliphatic heterocycles. The zero-order chi connectivity index (χ0) is 14.7. The Balaban J connectivity index is 1.97. The van der Waals surface area contributed by atoms with Gasteiger partial charge in [-0.1, -0.05) is 0 Å². The lowest BCUT2D eigenvalue weighted by Gasteiger charge is -2.35. The normalized spacial score (nSPS) is 21.2. The van der Waals surface area contributed by atoms with Crippen molar-refractivity contribution < 1.29 is 18.3 Å². The molecule has 1 aromatic rings. The summed E-state index contributed by atoms with van der Waals surface area (Å²) in [6.45, 7) is 2.56. The standard InChI is InChI=1S/C14H18F2N2O2/c1-3-20-10-6-9(7-10)18-14(19)8-4-11(15)13(17-2)12(16)5-8/h4-5,9-10,17H,3,6-7H2,1-2H3,(H,18,19). The first-order chi connectivity index (χ1) is 9.55. The fraction of sp³-hybridized carbons (Fsp3) is 0.500. The van der Waals surface area contributed by atoms with E-state index in [1.54, 1.807) is 0 Å². The average molecular weight is 284 g/mol. The van der Waals surface area contributed by atoms with E-state index in [9.17, 15) is 13.6 Å². The SMILES string of the molecule is CCOC1CC(NC(=O)c2cc(F)c(NC)c(F)c2)C1. The molecule has 2 rings (SSSR count). The van der Waals surface area contributed by atoms with E-state index in [1.165, 1.54) is 7.05 Å². The molecular weight excluding hydrogens is 266 g/mol. The largest absolute Gasteiger partial charge is 0.383 e. The first kappa shape index (κ1) is 14.7. The summed E-state index contributed by atoms with van der Waals surface area (Å²) in [5, 5.41) is 5.15. The van der Waals surface area contributed by atoms with Crippen molar-refractivity contribution in [2.45, 2.75) is 31.9 Å². The van der Waals surface area contributed by atoms with Crippen LogP contribution in [0.3, 0.4) is 0 Å². The van der Waals surface area contributed by atoms with Crippen molar-refractivity contribution in [1.82, 2.24) is 5.32 Å². The quantitative estimate of drug-likeness (QED) is 0.872. The zero-order valence-electron chi connectivity index (χ0n) is 11.5. The third-order valence-electron chi connectivity index (χ3n) is 3.39. The Labute approximate surface area is 116 Å². The van der Waals surface area contributed by atoms with Gasteiger partial charge in [0.05, 0.1) is 6.10 Å². The highest BCUT2D eigenvalue weighted by molar-refractivity contribution is 5.94. The van der Waals surface area contributed by atoms with Crippen molar-refractivity contribution >= 4 is 11.6 Å². The maximum atomic E-state index is 13.6. The van der Waals surface area contributed by atoms with Gasteiger partial charge in [-0.2, -0.15) is 0 Å². The fourth-order valence-electron chi connectivity index (χ4n) is 2.27. The molecule has 1 saturated carbocycles. The van der Waals surface area contributed by atoms with Crippen molar-refractivity contribution in [2.24, 2.45) is 0 Å². The highest BCUT2D eigenvalue weighted by Crippen LogP contribution is 2.24. The Kier molecular flexibility index (Phi) is 4.54. The minimum absolute atomic E-state index is 0.00847. The van der Waals surface area contributed by atoms with Crippen LogP contribution in [-0.4, -0.2) is 31.7 Å². The molecule has 0 unspecified atom stereocenters. The summed E-state index contributed by atoms with van der Waals surface area (Å²) in [6.07, 6.45) is 1.64. The van der Waals surface area contributed by atoms with Gasteiger partial charge < -0.3 is 15.4 Å². The van der Waals surface area contributed by atoms with E-state index in [0.717, 1.165) is 25.0 Å². The van der Waals surface area contributed by atoms with E-state index in [-0.39, 0.29) is 23.4 Å². The lowest BCUT2D eigenvalue weighted by atomic mass is 9.89. The number of benzene rings is 1. The summed E-state index contributed by atoms with van der Waals surface area (Å²) in [7, 11) is 1.42. The number of carbonyl (C=O) groups is 1. The number of hydrogen-bond acceptors (Lipinski definition) is 3. The highest BCUT2D eigenvalue weighted by Gasteiger charge is 2.31. The van der Waals surface area contributed by atoms with Crippen molar-refractivity contribution in [3.05, 3.63) is 29.3 Å². The number of amides is 1. The molecule has 1 amide bonds. The summed E-state index contributed by atoms with van der Waals surface area (Å²) in [6, 6.07) is 2.07. The summed E-state index contributed by atoms with van der Waals surface area (Å²) < 4.78 is 32.5. The van der Waals surface area contributed by atoms with Gasteiger partial charge in [-0.15, -0.1) is 0 Å². The molecule has 0 atom stereocenters. The van der Waals surface area contributed by atoms with E-state index in [2.05, 4.69) is 10.6 Å². The van der Waals surface area contributed by atoms with Crippen LogP contribution in [0, 0.1) is 11.6 Å². The Hall–Kier alpha value is -1.69. The van der Waals surface area contributed by atoms with E-state index < -0.39 is 17.5 Å². The van der Waals surface area contributed by atoms with Gasteiger partial charge in [-0.25, -0.2) is 8.78 Å². The topological polar surface area (TPSA) is 50.4 Å². The summed E-state index contributed by atoms with van der Waals surface area (Å²) >= 11 is 0. The maximum Gasteiger partial charge on any atom is 0.251 e. The Morgan fingerprint density at radius 3 is 2.45 bits per heavy atom. The third kappa shape index (κ3) is 3.07. The molecule has 0 spiro atoms. The van der Waals surface area contributed by atoms with Crippen molar-refractivity contribution in [1.29, 1.82) is 0 Å². The lowest BCUT2D eigenvalue weighted by molar-refractivity contribution is -0.00863. The molecule has 0 radical (unpaired) electrons. The monoisotopic (exact) mass is 284 g/mol. The third-order valence-corrected chi connectivity index (χ3v) is 3.39. The molecule has 6 heteroatoms. The number of hydrogen-bond donors (Lipinski definition) is 2. The van der Waals surface area contributed by atoms with E-state index in [4.69, 9.17) is 4.74 Å². The van der Waals surface area contributed by atoms with Gasteiger partial charge in [-0.3, -0.25) is 4.79 Å². The van der Waals surface area contributed by atoms with Crippen LogP contribution >= 0.6 is 0 Å². The van der Waals surface area contributed by atoms with Crippen molar-refractivity contribution in [3.63, 3.8) is 0 Å². The number of carbonyl (C=O) groups excluding carboxylic acids is 1.